The van der Waals surface area contributed by atoms with E-state index in [4.69, 9.17) is 5.26 Å². The third kappa shape index (κ3) is 3.69. The summed E-state index contributed by atoms with van der Waals surface area (Å²) in [5.41, 5.74) is 1.84. The Morgan fingerprint density at radius 2 is 2.00 bits per heavy atom. The van der Waals surface area contributed by atoms with Gasteiger partial charge in [-0.2, -0.15) is 5.26 Å². The predicted molar refractivity (Wildman–Crippen MR) is 58.4 cm³/mol. The fourth-order valence-corrected chi connectivity index (χ4v) is 1.03. The number of hydrogen-bond acceptors (Lipinski definition) is 2. The Morgan fingerprint density at radius 3 is 2.53 bits per heavy atom. The van der Waals surface area contributed by atoms with E-state index in [0.717, 1.165) is 5.56 Å². The first-order valence-electron chi connectivity index (χ1n) is 4.65. The Bertz CT molecular complexity index is 378. The Kier molecular flexibility index (Phi) is 3.69. The molecule has 4 nitrogen and oxygen atoms in total. The van der Waals surface area contributed by atoms with Gasteiger partial charge in [0, 0.05) is 5.69 Å². The third-order valence-corrected chi connectivity index (χ3v) is 1.85. The fraction of sp³-hybridized carbons (Fsp3) is 0.273. The number of hydrogen-bond donors (Lipinski definition) is 2. The number of aryl methyl sites for hydroxylation is 1. The van der Waals surface area contributed by atoms with E-state index < -0.39 is 6.04 Å². The largest absolute Gasteiger partial charge is 0.322 e. The monoisotopic (exact) mass is 203 g/mol. The lowest BCUT2D eigenvalue weighted by molar-refractivity contribution is 0.251. The minimum absolute atomic E-state index is 0.368. The number of rotatable bonds is 2. The zero-order valence-corrected chi connectivity index (χ0v) is 8.74. The van der Waals surface area contributed by atoms with Crippen LogP contribution in [0.4, 0.5) is 10.5 Å². The molecule has 15 heavy (non-hydrogen) atoms. The Labute approximate surface area is 88.9 Å². The lowest BCUT2D eigenvalue weighted by Gasteiger charge is -2.08. The van der Waals surface area contributed by atoms with Gasteiger partial charge in [0.1, 0.15) is 6.04 Å². The first-order valence-corrected chi connectivity index (χ1v) is 4.65. The number of carbonyl (C=O) groups excluding carboxylic acids is 1. The molecule has 0 bridgehead atoms. The smallest absolute Gasteiger partial charge is 0.320 e. The number of benzene rings is 1. The molecule has 0 aliphatic carbocycles. The third-order valence-electron chi connectivity index (χ3n) is 1.85. The van der Waals surface area contributed by atoms with Crippen LogP contribution in [0.25, 0.3) is 0 Å². The van der Waals surface area contributed by atoms with Gasteiger partial charge in [-0.15, -0.1) is 0 Å². The van der Waals surface area contributed by atoms with E-state index in [1.807, 2.05) is 37.3 Å². The Morgan fingerprint density at radius 1 is 1.40 bits per heavy atom. The number of carbonyl (C=O) groups is 1. The summed E-state index contributed by atoms with van der Waals surface area (Å²) < 4.78 is 0. The van der Waals surface area contributed by atoms with Gasteiger partial charge in [-0.25, -0.2) is 4.79 Å². The first-order chi connectivity index (χ1) is 7.11. The summed E-state index contributed by atoms with van der Waals surface area (Å²) in [4.78, 5) is 11.3. The van der Waals surface area contributed by atoms with Gasteiger partial charge in [0.25, 0.3) is 0 Å². The van der Waals surface area contributed by atoms with Crippen molar-refractivity contribution in [2.75, 3.05) is 5.32 Å². The van der Waals surface area contributed by atoms with Crippen molar-refractivity contribution in [1.29, 1.82) is 5.26 Å². The van der Waals surface area contributed by atoms with Crippen molar-refractivity contribution in [3.63, 3.8) is 0 Å². The van der Waals surface area contributed by atoms with E-state index in [1.165, 1.54) is 0 Å². The lowest BCUT2D eigenvalue weighted by atomic mass is 10.2. The predicted octanol–water partition coefficient (Wildman–Crippen LogP) is 2.03. The molecule has 2 amide bonds. The molecule has 1 rings (SSSR count). The van der Waals surface area contributed by atoms with Gasteiger partial charge in [0.15, 0.2) is 0 Å². The topological polar surface area (TPSA) is 64.9 Å². The summed E-state index contributed by atoms with van der Waals surface area (Å²) in [6, 6.07) is 8.50. The van der Waals surface area contributed by atoms with Crippen molar-refractivity contribution in [3.05, 3.63) is 29.8 Å². The van der Waals surface area contributed by atoms with Crippen LogP contribution in [0.15, 0.2) is 24.3 Å². The average molecular weight is 203 g/mol. The van der Waals surface area contributed by atoms with Crippen molar-refractivity contribution in [2.45, 2.75) is 19.9 Å². The number of urea groups is 1. The molecular formula is C11H13N3O. The maximum atomic E-state index is 11.3. The van der Waals surface area contributed by atoms with Crippen molar-refractivity contribution in [3.8, 4) is 6.07 Å². The van der Waals surface area contributed by atoms with Gasteiger partial charge in [-0.05, 0) is 26.0 Å². The van der Waals surface area contributed by atoms with Gasteiger partial charge >= 0.3 is 6.03 Å². The highest BCUT2D eigenvalue weighted by atomic mass is 16.2. The average Bonchev–Trinajstić information content (AvgIpc) is 2.21. The van der Waals surface area contributed by atoms with Crippen LogP contribution in [0.3, 0.4) is 0 Å². The van der Waals surface area contributed by atoms with E-state index in [-0.39, 0.29) is 6.03 Å². The van der Waals surface area contributed by atoms with Crippen molar-refractivity contribution in [1.82, 2.24) is 5.32 Å². The van der Waals surface area contributed by atoms with Crippen molar-refractivity contribution in [2.24, 2.45) is 0 Å². The summed E-state index contributed by atoms with van der Waals surface area (Å²) >= 11 is 0. The number of nitriles is 1. The first kappa shape index (κ1) is 11.1. The highest BCUT2D eigenvalue weighted by Crippen LogP contribution is 2.07. The standard InChI is InChI=1S/C11H13N3O/c1-8-3-5-10(6-4-8)14-11(15)13-9(2)7-12/h3-6,9H,1-2H3,(H2,13,14,15). The molecule has 1 aromatic rings. The molecule has 0 fully saturated rings. The fourth-order valence-electron chi connectivity index (χ4n) is 1.03. The van der Waals surface area contributed by atoms with E-state index in [2.05, 4.69) is 10.6 Å². The van der Waals surface area contributed by atoms with E-state index >= 15 is 0 Å². The molecule has 4 heteroatoms. The van der Waals surface area contributed by atoms with Crippen molar-refractivity contribution < 1.29 is 4.79 Å². The molecular weight excluding hydrogens is 190 g/mol. The molecule has 1 unspecified atom stereocenters. The van der Waals surface area contributed by atoms with Crippen LogP contribution in [0.1, 0.15) is 12.5 Å². The summed E-state index contributed by atoms with van der Waals surface area (Å²) in [6.07, 6.45) is 0. The maximum Gasteiger partial charge on any atom is 0.320 e. The molecule has 0 radical (unpaired) electrons. The van der Waals surface area contributed by atoms with Crippen LogP contribution in [-0.2, 0) is 0 Å². The van der Waals surface area contributed by atoms with Crippen LogP contribution >= 0.6 is 0 Å². The summed E-state index contributed by atoms with van der Waals surface area (Å²) in [7, 11) is 0. The molecule has 1 atom stereocenters. The second-order valence-corrected chi connectivity index (χ2v) is 3.32. The van der Waals surface area contributed by atoms with Crippen LogP contribution in [0.5, 0.6) is 0 Å². The van der Waals surface area contributed by atoms with Gasteiger partial charge in [-0.3, -0.25) is 0 Å². The quantitative estimate of drug-likeness (QED) is 0.772. The molecule has 0 saturated heterocycles. The molecule has 0 aliphatic rings. The second kappa shape index (κ2) is 5.01. The summed E-state index contributed by atoms with van der Waals surface area (Å²) in [5, 5.41) is 13.6. The lowest BCUT2D eigenvalue weighted by Crippen LogP contribution is -2.35. The molecule has 0 aromatic heterocycles. The number of nitrogens with zero attached hydrogens (tertiary/aromatic N) is 1. The Hall–Kier alpha value is -2.02. The van der Waals surface area contributed by atoms with Gasteiger partial charge in [0.2, 0.25) is 0 Å². The van der Waals surface area contributed by atoms with Crippen LogP contribution < -0.4 is 10.6 Å². The second-order valence-electron chi connectivity index (χ2n) is 3.32. The summed E-state index contributed by atoms with van der Waals surface area (Å²) in [6.45, 7) is 3.59. The van der Waals surface area contributed by atoms with Crippen LogP contribution in [0.2, 0.25) is 0 Å². The number of nitrogens with one attached hydrogen (secondary N) is 2. The molecule has 0 aliphatic heterocycles. The van der Waals surface area contributed by atoms with E-state index in [0.29, 0.717) is 5.69 Å². The van der Waals surface area contributed by atoms with Crippen LogP contribution in [-0.4, -0.2) is 12.1 Å². The van der Waals surface area contributed by atoms with Crippen molar-refractivity contribution >= 4 is 11.7 Å². The highest BCUT2D eigenvalue weighted by Gasteiger charge is 2.04. The minimum atomic E-state index is -0.490. The molecule has 0 heterocycles. The minimum Gasteiger partial charge on any atom is -0.322 e. The molecule has 2 N–H and O–H groups in total. The number of amides is 2. The summed E-state index contributed by atoms with van der Waals surface area (Å²) in [5.74, 6) is 0. The molecule has 78 valence electrons. The van der Waals surface area contributed by atoms with Gasteiger partial charge in [-0.1, -0.05) is 17.7 Å². The maximum absolute atomic E-state index is 11.3. The Balaban J connectivity index is 2.52. The zero-order chi connectivity index (χ0) is 11.3. The van der Waals surface area contributed by atoms with Crippen LogP contribution in [0, 0.1) is 18.3 Å². The van der Waals surface area contributed by atoms with Gasteiger partial charge < -0.3 is 10.6 Å². The highest BCUT2D eigenvalue weighted by molar-refractivity contribution is 5.89. The molecule has 0 spiro atoms. The SMILES string of the molecule is Cc1ccc(NC(=O)NC(C)C#N)cc1. The van der Waals surface area contributed by atoms with E-state index in [9.17, 15) is 4.79 Å². The molecule has 0 saturated carbocycles. The zero-order valence-electron chi connectivity index (χ0n) is 8.74. The number of anilines is 1. The van der Waals surface area contributed by atoms with Gasteiger partial charge in [0.05, 0.1) is 6.07 Å². The molecule has 1 aromatic carbocycles. The normalized spacial score (nSPS) is 11.3. The van der Waals surface area contributed by atoms with E-state index in [1.54, 1.807) is 6.92 Å².